The minimum atomic E-state index is -0.534. The number of rotatable bonds is 5. The van der Waals surface area contributed by atoms with Crippen LogP contribution in [-0.4, -0.2) is 9.97 Å². The van der Waals surface area contributed by atoms with Crippen LogP contribution in [0.15, 0.2) is 206 Å². The molecule has 8 aromatic carbocycles. The summed E-state index contributed by atoms with van der Waals surface area (Å²) < 4.78 is 6.77. The number of benzene rings is 8. The third-order valence-electron chi connectivity index (χ3n) is 11.4. The number of aromatic nitrogens is 2. The zero-order chi connectivity index (χ0) is 37.1. The summed E-state index contributed by atoms with van der Waals surface area (Å²) in [6.45, 7) is 0. The van der Waals surface area contributed by atoms with Crippen molar-refractivity contribution in [2.75, 3.05) is 0 Å². The van der Waals surface area contributed by atoms with Gasteiger partial charge in [0.25, 0.3) is 0 Å². The van der Waals surface area contributed by atoms with E-state index in [4.69, 9.17) is 14.7 Å². The second kappa shape index (κ2) is 12.9. The maximum absolute atomic E-state index is 6.77. The van der Waals surface area contributed by atoms with Gasteiger partial charge in [-0.1, -0.05) is 182 Å². The van der Waals surface area contributed by atoms with Gasteiger partial charge < -0.3 is 4.74 Å². The van der Waals surface area contributed by atoms with Crippen molar-refractivity contribution in [2.45, 2.75) is 5.41 Å². The Hall–Kier alpha value is -7.36. The molecule has 0 bridgehead atoms. The standard InChI is InChI=1S/C53H34N2O/c1-3-15-37(16-4-1)47-34-48(38-17-5-2-6-18-38)55-52(54-47)40-20-13-19-39(33-40)35-29-31-36(32-30-35)41-23-14-28-50-51(41)53(46-26-11-12-27-49(46)56-50)44-24-9-7-21-42(44)43-22-8-10-25-45(43)53/h1-34H. The number of para-hydroxylation sites is 1. The first-order valence-electron chi connectivity index (χ1n) is 19.1. The highest BCUT2D eigenvalue weighted by Gasteiger charge is 2.52. The van der Waals surface area contributed by atoms with Gasteiger partial charge in [0, 0.05) is 27.8 Å². The Morgan fingerprint density at radius 1 is 0.321 bits per heavy atom. The first-order chi connectivity index (χ1) is 27.8. The van der Waals surface area contributed by atoms with Crippen LogP contribution in [0, 0.1) is 0 Å². The summed E-state index contributed by atoms with van der Waals surface area (Å²) >= 11 is 0. The average Bonchev–Trinajstić information content (AvgIpc) is 3.57. The Bertz CT molecular complexity index is 2830. The lowest BCUT2D eigenvalue weighted by Gasteiger charge is -2.40. The van der Waals surface area contributed by atoms with Crippen molar-refractivity contribution in [1.29, 1.82) is 0 Å². The predicted molar refractivity (Wildman–Crippen MR) is 227 cm³/mol. The molecule has 56 heavy (non-hydrogen) atoms. The monoisotopic (exact) mass is 714 g/mol. The van der Waals surface area contributed by atoms with Crippen molar-refractivity contribution < 1.29 is 4.74 Å². The molecule has 0 atom stereocenters. The van der Waals surface area contributed by atoms with E-state index in [1.165, 1.54) is 33.4 Å². The van der Waals surface area contributed by atoms with E-state index in [1.54, 1.807) is 0 Å². The summed E-state index contributed by atoms with van der Waals surface area (Å²) in [4.78, 5) is 10.2. The molecule has 0 saturated carbocycles. The van der Waals surface area contributed by atoms with Gasteiger partial charge in [0.1, 0.15) is 11.5 Å². The fourth-order valence-electron chi connectivity index (χ4n) is 8.93. The number of fused-ring (bicyclic) bond motifs is 9. The van der Waals surface area contributed by atoms with Crippen LogP contribution in [0.1, 0.15) is 22.3 Å². The van der Waals surface area contributed by atoms with Crippen molar-refractivity contribution in [3.8, 4) is 78.8 Å². The fourth-order valence-corrected chi connectivity index (χ4v) is 8.93. The van der Waals surface area contributed by atoms with Gasteiger partial charge in [0.2, 0.25) is 0 Å². The molecule has 0 unspecified atom stereocenters. The van der Waals surface area contributed by atoms with Crippen LogP contribution in [0.4, 0.5) is 0 Å². The summed E-state index contributed by atoms with van der Waals surface area (Å²) in [6, 6.07) is 73.0. The maximum atomic E-state index is 6.77. The Morgan fingerprint density at radius 2 is 0.804 bits per heavy atom. The van der Waals surface area contributed by atoms with Crippen LogP contribution in [-0.2, 0) is 5.41 Å². The van der Waals surface area contributed by atoms with E-state index in [1.807, 2.05) is 36.4 Å². The first-order valence-corrected chi connectivity index (χ1v) is 19.1. The van der Waals surface area contributed by atoms with E-state index < -0.39 is 5.41 Å². The molecule has 2 heterocycles. The quantitative estimate of drug-likeness (QED) is 0.178. The lowest BCUT2D eigenvalue weighted by molar-refractivity contribution is 0.437. The largest absolute Gasteiger partial charge is 0.457 e. The predicted octanol–water partition coefficient (Wildman–Crippen LogP) is 13.3. The van der Waals surface area contributed by atoms with Crippen molar-refractivity contribution in [3.63, 3.8) is 0 Å². The van der Waals surface area contributed by atoms with Crippen molar-refractivity contribution >= 4 is 0 Å². The highest BCUT2D eigenvalue weighted by atomic mass is 16.5. The molecule has 0 radical (unpaired) electrons. The molecule has 0 fully saturated rings. The van der Waals surface area contributed by atoms with E-state index >= 15 is 0 Å². The van der Waals surface area contributed by atoms with Crippen molar-refractivity contribution in [3.05, 3.63) is 229 Å². The van der Waals surface area contributed by atoms with E-state index in [0.29, 0.717) is 5.82 Å². The number of nitrogens with zero attached hydrogens (tertiary/aromatic N) is 2. The molecule has 1 aromatic heterocycles. The van der Waals surface area contributed by atoms with Gasteiger partial charge in [-0.3, -0.25) is 0 Å². The molecule has 2 aliphatic rings. The fraction of sp³-hybridized carbons (Fsp3) is 0.0189. The summed E-state index contributed by atoms with van der Waals surface area (Å²) in [5.74, 6) is 2.48. The molecule has 3 nitrogen and oxygen atoms in total. The van der Waals surface area contributed by atoms with Crippen LogP contribution < -0.4 is 4.74 Å². The summed E-state index contributed by atoms with van der Waals surface area (Å²) in [7, 11) is 0. The van der Waals surface area contributed by atoms with Gasteiger partial charge in [-0.25, -0.2) is 9.97 Å². The Kier molecular flexibility index (Phi) is 7.39. The van der Waals surface area contributed by atoms with E-state index in [2.05, 4.69) is 170 Å². The molecule has 262 valence electrons. The normalized spacial score (nSPS) is 12.9. The Balaban J connectivity index is 1.02. The minimum Gasteiger partial charge on any atom is -0.457 e. The zero-order valence-corrected chi connectivity index (χ0v) is 30.4. The van der Waals surface area contributed by atoms with Crippen LogP contribution in [0.2, 0.25) is 0 Å². The summed E-state index contributed by atoms with van der Waals surface area (Å²) in [5, 5.41) is 0. The van der Waals surface area contributed by atoms with Crippen molar-refractivity contribution in [2.24, 2.45) is 0 Å². The number of hydrogen-bond donors (Lipinski definition) is 0. The van der Waals surface area contributed by atoms with Crippen molar-refractivity contribution in [1.82, 2.24) is 9.97 Å². The maximum Gasteiger partial charge on any atom is 0.160 e. The molecule has 1 aliphatic carbocycles. The van der Waals surface area contributed by atoms with Gasteiger partial charge in [-0.05, 0) is 68.8 Å². The minimum absolute atomic E-state index is 0.534. The number of ether oxygens (including phenoxy) is 1. The topological polar surface area (TPSA) is 35.0 Å². The highest BCUT2D eigenvalue weighted by molar-refractivity contribution is 5.92. The average molecular weight is 715 g/mol. The molecule has 3 heteroatoms. The molecular weight excluding hydrogens is 681 g/mol. The second-order valence-corrected chi connectivity index (χ2v) is 14.5. The van der Waals surface area contributed by atoms with Gasteiger partial charge >= 0.3 is 0 Å². The molecule has 0 N–H and O–H groups in total. The van der Waals surface area contributed by atoms with Gasteiger partial charge in [-0.2, -0.15) is 0 Å². The van der Waals surface area contributed by atoms with Crippen LogP contribution in [0.25, 0.3) is 67.3 Å². The highest BCUT2D eigenvalue weighted by Crippen LogP contribution is 2.63. The molecule has 0 amide bonds. The van der Waals surface area contributed by atoms with Crippen LogP contribution in [0.5, 0.6) is 11.5 Å². The molecular formula is C53H34N2O. The molecule has 0 saturated heterocycles. The lowest BCUT2D eigenvalue weighted by Crippen LogP contribution is -2.32. The Labute approximate surface area is 326 Å². The second-order valence-electron chi connectivity index (χ2n) is 14.5. The zero-order valence-electron chi connectivity index (χ0n) is 30.4. The molecule has 11 rings (SSSR count). The third kappa shape index (κ3) is 4.98. The van der Waals surface area contributed by atoms with Crippen LogP contribution in [0.3, 0.4) is 0 Å². The van der Waals surface area contributed by atoms with E-state index in [-0.39, 0.29) is 0 Å². The molecule has 9 aromatic rings. The van der Waals surface area contributed by atoms with Gasteiger partial charge in [0.05, 0.1) is 16.8 Å². The summed E-state index contributed by atoms with van der Waals surface area (Å²) in [5.41, 5.74) is 16.3. The Morgan fingerprint density at radius 3 is 1.46 bits per heavy atom. The third-order valence-corrected chi connectivity index (χ3v) is 11.4. The smallest absolute Gasteiger partial charge is 0.160 e. The molecule has 1 aliphatic heterocycles. The van der Waals surface area contributed by atoms with Gasteiger partial charge in [-0.15, -0.1) is 0 Å². The van der Waals surface area contributed by atoms with Crippen LogP contribution >= 0.6 is 0 Å². The first kappa shape index (κ1) is 32.1. The summed E-state index contributed by atoms with van der Waals surface area (Å²) in [6.07, 6.45) is 0. The number of hydrogen-bond acceptors (Lipinski definition) is 3. The van der Waals surface area contributed by atoms with E-state index in [0.717, 1.165) is 61.8 Å². The van der Waals surface area contributed by atoms with Gasteiger partial charge in [0.15, 0.2) is 5.82 Å². The lowest BCUT2D eigenvalue weighted by atomic mass is 9.64. The SMILES string of the molecule is c1ccc(-c2cc(-c3ccccc3)nc(-c3cccc(-c4ccc(-c5cccc6c5C5(c7ccccc7O6)c6ccccc6-c6ccccc65)cc4)c3)n2)cc1. The van der Waals surface area contributed by atoms with E-state index in [9.17, 15) is 0 Å². The molecule has 1 spiro atoms.